The monoisotopic (exact) mass is 411 g/mol. The fraction of sp³-hybridized carbons (Fsp3) is 0.368. The minimum absolute atomic E-state index is 0.0191. The summed E-state index contributed by atoms with van der Waals surface area (Å²) in [6.45, 7) is 4.18. The molecule has 0 radical (unpaired) electrons. The molecule has 1 aromatic carbocycles. The summed E-state index contributed by atoms with van der Waals surface area (Å²) in [7, 11) is 0. The van der Waals surface area contributed by atoms with Gasteiger partial charge in [-0.3, -0.25) is 9.20 Å². The maximum absolute atomic E-state index is 13.0. The molecule has 1 N–H and O–H groups in total. The third-order valence-corrected chi connectivity index (χ3v) is 5.43. The van der Waals surface area contributed by atoms with Crippen molar-refractivity contribution in [3.63, 3.8) is 0 Å². The summed E-state index contributed by atoms with van der Waals surface area (Å²) < 4.78 is 40.5. The second-order valence-electron chi connectivity index (χ2n) is 6.43. The molecule has 150 valence electrons. The van der Waals surface area contributed by atoms with E-state index >= 15 is 0 Å². The Bertz CT molecular complexity index is 980. The SMILES string of the molecule is CCN(C(=O)c1csc2nc(-c3cccc(C(F)(F)F)c3)cn12)[C@@H](C)CCO. The lowest BCUT2D eigenvalue weighted by Crippen LogP contribution is -2.39. The summed E-state index contributed by atoms with van der Waals surface area (Å²) in [5.41, 5.74) is 0.369. The van der Waals surface area contributed by atoms with E-state index in [0.717, 1.165) is 12.1 Å². The van der Waals surface area contributed by atoms with Gasteiger partial charge in [0, 0.05) is 36.3 Å². The standard InChI is InChI=1S/C19H20F3N3O2S/c1-3-24(12(2)7-8-26)17(27)16-11-28-18-23-15(10-25(16)18)13-5-4-6-14(9-13)19(20,21)22/h4-6,9-12,26H,3,7-8H2,1-2H3/t12-/m0/s1. The van der Waals surface area contributed by atoms with Crippen LogP contribution in [0, 0.1) is 0 Å². The number of aliphatic hydroxyl groups is 1. The first-order chi connectivity index (χ1) is 13.3. The summed E-state index contributed by atoms with van der Waals surface area (Å²) in [6, 6.07) is 4.83. The van der Waals surface area contributed by atoms with Crippen molar-refractivity contribution in [3.05, 3.63) is 47.1 Å². The zero-order valence-corrected chi connectivity index (χ0v) is 16.2. The molecule has 0 aliphatic rings. The van der Waals surface area contributed by atoms with Crippen LogP contribution in [0.4, 0.5) is 13.2 Å². The highest BCUT2D eigenvalue weighted by Gasteiger charge is 2.31. The molecule has 0 fully saturated rings. The van der Waals surface area contributed by atoms with Gasteiger partial charge in [-0.2, -0.15) is 13.2 Å². The number of aromatic nitrogens is 2. The highest BCUT2D eigenvalue weighted by atomic mass is 32.1. The number of nitrogens with zero attached hydrogens (tertiary/aromatic N) is 3. The van der Waals surface area contributed by atoms with Crippen LogP contribution in [-0.4, -0.2) is 44.5 Å². The van der Waals surface area contributed by atoms with Gasteiger partial charge >= 0.3 is 6.18 Å². The summed E-state index contributed by atoms with van der Waals surface area (Å²) in [5.74, 6) is -0.206. The van der Waals surface area contributed by atoms with Crippen LogP contribution in [0.25, 0.3) is 16.2 Å². The van der Waals surface area contributed by atoms with Crippen molar-refractivity contribution in [2.75, 3.05) is 13.2 Å². The number of carbonyl (C=O) groups excluding carboxylic acids is 1. The van der Waals surface area contributed by atoms with Gasteiger partial charge < -0.3 is 10.0 Å². The van der Waals surface area contributed by atoms with Crippen molar-refractivity contribution < 1.29 is 23.1 Å². The Balaban J connectivity index is 1.97. The number of benzene rings is 1. The van der Waals surface area contributed by atoms with E-state index in [-0.39, 0.29) is 18.6 Å². The molecular weight excluding hydrogens is 391 g/mol. The molecule has 3 rings (SSSR count). The molecule has 9 heteroatoms. The third kappa shape index (κ3) is 3.90. The first-order valence-electron chi connectivity index (χ1n) is 8.82. The quantitative estimate of drug-likeness (QED) is 0.658. The maximum atomic E-state index is 13.0. The smallest absolute Gasteiger partial charge is 0.396 e. The Morgan fingerprint density at radius 2 is 2.14 bits per heavy atom. The van der Waals surface area contributed by atoms with Crippen LogP contribution < -0.4 is 0 Å². The van der Waals surface area contributed by atoms with Gasteiger partial charge in [0.2, 0.25) is 0 Å². The number of amides is 1. The van der Waals surface area contributed by atoms with Crippen molar-refractivity contribution in [3.8, 4) is 11.3 Å². The number of hydrogen-bond acceptors (Lipinski definition) is 4. The van der Waals surface area contributed by atoms with Crippen molar-refractivity contribution in [2.45, 2.75) is 32.5 Å². The topological polar surface area (TPSA) is 57.8 Å². The van der Waals surface area contributed by atoms with E-state index in [9.17, 15) is 18.0 Å². The van der Waals surface area contributed by atoms with Crippen LogP contribution in [0.3, 0.4) is 0 Å². The average molecular weight is 411 g/mol. The Labute approximate surface area is 164 Å². The van der Waals surface area contributed by atoms with Gasteiger partial charge in [-0.1, -0.05) is 12.1 Å². The zero-order chi connectivity index (χ0) is 20.5. The van der Waals surface area contributed by atoms with Crippen LogP contribution in [0.15, 0.2) is 35.8 Å². The number of hydrogen-bond donors (Lipinski definition) is 1. The van der Waals surface area contributed by atoms with Crippen molar-refractivity contribution >= 4 is 22.2 Å². The zero-order valence-electron chi connectivity index (χ0n) is 15.4. The molecule has 0 saturated carbocycles. The largest absolute Gasteiger partial charge is 0.416 e. The minimum atomic E-state index is -4.43. The second-order valence-corrected chi connectivity index (χ2v) is 7.27. The molecule has 5 nitrogen and oxygen atoms in total. The lowest BCUT2D eigenvalue weighted by atomic mass is 10.1. The van der Waals surface area contributed by atoms with Gasteiger partial charge in [-0.15, -0.1) is 11.3 Å². The van der Waals surface area contributed by atoms with Gasteiger partial charge in [-0.05, 0) is 32.4 Å². The molecule has 2 heterocycles. The van der Waals surface area contributed by atoms with Crippen LogP contribution in [-0.2, 0) is 6.18 Å². The van der Waals surface area contributed by atoms with E-state index in [1.54, 1.807) is 26.9 Å². The third-order valence-electron chi connectivity index (χ3n) is 4.59. The highest BCUT2D eigenvalue weighted by Crippen LogP contribution is 2.32. The van der Waals surface area contributed by atoms with E-state index in [4.69, 9.17) is 5.11 Å². The van der Waals surface area contributed by atoms with Gasteiger partial charge in [0.25, 0.3) is 5.91 Å². The van der Waals surface area contributed by atoms with E-state index < -0.39 is 11.7 Å². The van der Waals surface area contributed by atoms with Crippen molar-refractivity contribution in [2.24, 2.45) is 0 Å². The maximum Gasteiger partial charge on any atom is 0.416 e. The lowest BCUT2D eigenvalue weighted by Gasteiger charge is -2.27. The predicted molar refractivity (Wildman–Crippen MR) is 101 cm³/mol. The molecule has 0 bridgehead atoms. The molecule has 1 amide bonds. The molecule has 0 aliphatic carbocycles. The molecular formula is C19H20F3N3O2S. The molecule has 0 aliphatic heterocycles. The molecule has 28 heavy (non-hydrogen) atoms. The van der Waals surface area contributed by atoms with E-state index in [2.05, 4.69) is 4.98 Å². The molecule has 3 aromatic rings. The Kier molecular flexibility index (Phi) is 5.76. The Morgan fingerprint density at radius 3 is 2.79 bits per heavy atom. The van der Waals surface area contributed by atoms with Crippen LogP contribution in [0.1, 0.15) is 36.3 Å². The molecule has 0 spiro atoms. The van der Waals surface area contributed by atoms with Crippen LogP contribution in [0.5, 0.6) is 0 Å². The van der Waals surface area contributed by atoms with Gasteiger partial charge in [0.1, 0.15) is 5.69 Å². The number of aliphatic hydroxyl groups excluding tert-OH is 1. The minimum Gasteiger partial charge on any atom is -0.396 e. The number of alkyl halides is 3. The van der Waals surface area contributed by atoms with Gasteiger partial charge in [0.15, 0.2) is 4.96 Å². The summed E-state index contributed by atoms with van der Waals surface area (Å²) in [6.07, 6.45) is -2.38. The highest BCUT2D eigenvalue weighted by molar-refractivity contribution is 7.15. The first kappa shape index (κ1) is 20.3. The number of thiazole rings is 1. The Hall–Kier alpha value is -2.39. The summed E-state index contributed by atoms with van der Waals surface area (Å²) >= 11 is 1.25. The second kappa shape index (κ2) is 7.92. The number of carbonyl (C=O) groups is 1. The number of fused-ring (bicyclic) bond motifs is 1. The number of rotatable bonds is 6. The van der Waals surface area contributed by atoms with Crippen molar-refractivity contribution in [1.82, 2.24) is 14.3 Å². The van der Waals surface area contributed by atoms with E-state index in [1.165, 1.54) is 17.4 Å². The molecule has 2 aromatic heterocycles. The first-order valence-corrected chi connectivity index (χ1v) is 9.70. The van der Waals surface area contributed by atoms with Gasteiger partial charge in [-0.25, -0.2) is 4.98 Å². The van der Waals surface area contributed by atoms with E-state index in [1.807, 2.05) is 13.8 Å². The summed E-state index contributed by atoms with van der Waals surface area (Å²) in [5, 5.41) is 10.8. The normalized spacial score (nSPS) is 13.1. The summed E-state index contributed by atoms with van der Waals surface area (Å²) in [4.78, 5) is 19.5. The van der Waals surface area contributed by atoms with Gasteiger partial charge in [0.05, 0.1) is 11.3 Å². The lowest BCUT2D eigenvalue weighted by molar-refractivity contribution is -0.137. The fourth-order valence-electron chi connectivity index (χ4n) is 3.08. The van der Waals surface area contributed by atoms with E-state index in [0.29, 0.717) is 34.9 Å². The number of imidazole rings is 1. The van der Waals surface area contributed by atoms with Crippen LogP contribution in [0.2, 0.25) is 0 Å². The fourth-order valence-corrected chi connectivity index (χ4v) is 3.92. The molecule has 1 atom stereocenters. The molecule has 0 saturated heterocycles. The Morgan fingerprint density at radius 1 is 1.39 bits per heavy atom. The number of halogens is 3. The molecule has 0 unspecified atom stereocenters. The predicted octanol–water partition coefficient (Wildman–Crippen LogP) is 4.31. The average Bonchev–Trinajstić information content (AvgIpc) is 3.22. The van der Waals surface area contributed by atoms with Crippen LogP contribution >= 0.6 is 11.3 Å². The van der Waals surface area contributed by atoms with Crippen molar-refractivity contribution in [1.29, 1.82) is 0 Å².